The van der Waals surface area contributed by atoms with Crippen molar-refractivity contribution in [1.29, 1.82) is 0 Å². The lowest BCUT2D eigenvalue weighted by Gasteiger charge is -2.07. The summed E-state index contributed by atoms with van der Waals surface area (Å²) in [6.07, 6.45) is -0.644. The Morgan fingerprint density at radius 3 is 2.79 bits per heavy atom. The van der Waals surface area contributed by atoms with Gasteiger partial charge in [-0.3, -0.25) is 10.1 Å². The maximum atomic E-state index is 10.5. The maximum absolute atomic E-state index is 10.5. The van der Waals surface area contributed by atoms with Gasteiger partial charge in [0, 0.05) is 6.07 Å². The average Bonchev–Trinajstić information content (AvgIpc) is 2.15. The van der Waals surface area contributed by atoms with Gasteiger partial charge in [-0.25, -0.2) is 0 Å². The molecule has 1 atom stereocenters. The largest absolute Gasteiger partial charge is 0.484 e. The highest BCUT2D eigenvalue weighted by Gasteiger charge is 2.13. The minimum Gasteiger partial charge on any atom is -0.484 e. The fourth-order valence-corrected chi connectivity index (χ4v) is 0.940. The molecular weight excluding hydrogens is 186 g/mol. The van der Waals surface area contributed by atoms with Crippen LogP contribution in [0.1, 0.15) is 6.92 Å². The topological polar surface area (TPSA) is 72.6 Å². The van der Waals surface area contributed by atoms with Gasteiger partial charge >= 0.3 is 5.69 Å². The Balaban J connectivity index is 2.79. The van der Waals surface area contributed by atoms with Gasteiger partial charge in [-0.15, -0.1) is 0 Å². The van der Waals surface area contributed by atoms with Crippen molar-refractivity contribution >= 4 is 5.69 Å². The van der Waals surface area contributed by atoms with E-state index in [0.29, 0.717) is 0 Å². The van der Waals surface area contributed by atoms with Crippen molar-refractivity contribution in [2.45, 2.75) is 13.0 Å². The quantitative estimate of drug-likeness (QED) is 0.584. The van der Waals surface area contributed by atoms with Crippen LogP contribution < -0.4 is 4.74 Å². The van der Waals surface area contributed by atoms with Gasteiger partial charge in [-0.2, -0.15) is 0 Å². The summed E-state index contributed by atoms with van der Waals surface area (Å²) in [7, 11) is 0. The van der Waals surface area contributed by atoms with Crippen LogP contribution in [0.5, 0.6) is 5.75 Å². The number of rotatable bonds is 4. The standard InChI is InChI=1S/C9H11NO4/c1-7(11)6-14-9-5-3-2-4-8(9)10(12)13/h2-5,7,11H,6H2,1H3. The highest BCUT2D eigenvalue weighted by Crippen LogP contribution is 2.25. The molecule has 0 aliphatic carbocycles. The molecule has 0 heterocycles. The number of aliphatic hydroxyl groups excluding tert-OH is 1. The predicted molar refractivity (Wildman–Crippen MR) is 50.3 cm³/mol. The van der Waals surface area contributed by atoms with Crippen LogP contribution in [0, 0.1) is 10.1 Å². The molecule has 5 nitrogen and oxygen atoms in total. The Morgan fingerprint density at radius 1 is 1.57 bits per heavy atom. The molecule has 1 aromatic rings. The number of hydrogen-bond acceptors (Lipinski definition) is 4. The summed E-state index contributed by atoms with van der Waals surface area (Å²) in [4.78, 5) is 10.0. The van der Waals surface area contributed by atoms with Crippen molar-refractivity contribution in [1.82, 2.24) is 0 Å². The van der Waals surface area contributed by atoms with E-state index in [1.54, 1.807) is 19.1 Å². The van der Waals surface area contributed by atoms with Crippen LogP contribution in [0.3, 0.4) is 0 Å². The summed E-state index contributed by atoms with van der Waals surface area (Å²) in [5.41, 5.74) is -0.0897. The van der Waals surface area contributed by atoms with E-state index in [9.17, 15) is 10.1 Å². The Hall–Kier alpha value is -1.62. The second-order valence-electron chi connectivity index (χ2n) is 2.88. The lowest BCUT2D eigenvalue weighted by Crippen LogP contribution is -2.13. The highest BCUT2D eigenvalue weighted by atomic mass is 16.6. The fourth-order valence-electron chi connectivity index (χ4n) is 0.940. The van der Waals surface area contributed by atoms with Crippen LogP contribution in [0.4, 0.5) is 5.69 Å². The van der Waals surface area contributed by atoms with Gasteiger partial charge in [-0.1, -0.05) is 12.1 Å². The van der Waals surface area contributed by atoms with Gasteiger partial charge in [0.1, 0.15) is 6.61 Å². The molecular formula is C9H11NO4. The molecule has 0 amide bonds. The van der Waals surface area contributed by atoms with Crippen molar-refractivity contribution in [2.75, 3.05) is 6.61 Å². The molecule has 1 unspecified atom stereocenters. The Labute approximate surface area is 81.1 Å². The molecule has 0 aliphatic rings. The predicted octanol–water partition coefficient (Wildman–Crippen LogP) is 1.35. The Morgan fingerprint density at radius 2 is 2.21 bits per heavy atom. The van der Waals surface area contributed by atoms with Crippen LogP contribution in [0.2, 0.25) is 0 Å². The van der Waals surface area contributed by atoms with Gasteiger partial charge in [-0.05, 0) is 13.0 Å². The molecule has 0 fully saturated rings. The molecule has 0 aromatic heterocycles. The summed E-state index contributed by atoms with van der Waals surface area (Å²) in [5, 5.41) is 19.5. The highest BCUT2D eigenvalue weighted by molar-refractivity contribution is 5.45. The number of para-hydroxylation sites is 2. The lowest BCUT2D eigenvalue weighted by atomic mass is 10.3. The Bertz CT molecular complexity index is 324. The minimum absolute atomic E-state index is 0.0465. The minimum atomic E-state index is -0.644. The van der Waals surface area contributed by atoms with E-state index >= 15 is 0 Å². The third-order valence-electron chi connectivity index (χ3n) is 1.54. The first-order valence-corrected chi connectivity index (χ1v) is 4.15. The first kappa shape index (κ1) is 10.5. The van der Waals surface area contributed by atoms with E-state index < -0.39 is 11.0 Å². The zero-order chi connectivity index (χ0) is 10.6. The van der Waals surface area contributed by atoms with E-state index in [1.165, 1.54) is 12.1 Å². The van der Waals surface area contributed by atoms with E-state index in [0.717, 1.165) is 0 Å². The molecule has 1 aromatic carbocycles. The molecule has 14 heavy (non-hydrogen) atoms. The van der Waals surface area contributed by atoms with Crippen molar-refractivity contribution < 1.29 is 14.8 Å². The molecule has 0 bridgehead atoms. The average molecular weight is 197 g/mol. The van der Waals surface area contributed by atoms with Crippen LogP contribution in [0.25, 0.3) is 0 Å². The van der Waals surface area contributed by atoms with E-state index in [1.807, 2.05) is 0 Å². The van der Waals surface area contributed by atoms with Crippen molar-refractivity contribution in [3.63, 3.8) is 0 Å². The monoisotopic (exact) mass is 197 g/mol. The third kappa shape index (κ3) is 2.70. The van der Waals surface area contributed by atoms with Gasteiger partial charge in [0.25, 0.3) is 0 Å². The van der Waals surface area contributed by atoms with Crippen LogP contribution in [-0.2, 0) is 0 Å². The Kier molecular flexibility index (Phi) is 3.41. The van der Waals surface area contributed by atoms with Crippen LogP contribution in [-0.4, -0.2) is 22.7 Å². The molecule has 76 valence electrons. The molecule has 0 saturated heterocycles. The second kappa shape index (κ2) is 4.57. The van der Waals surface area contributed by atoms with Gasteiger partial charge in [0.2, 0.25) is 0 Å². The van der Waals surface area contributed by atoms with E-state index in [4.69, 9.17) is 9.84 Å². The molecule has 1 N–H and O–H groups in total. The zero-order valence-corrected chi connectivity index (χ0v) is 7.71. The van der Waals surface area contributed by atoms with E-state index in [2.05, 4.69) is 0 Å². The van der Waals surface area contributed by atoms with Crippen molar-refractivity contribution in [3.8, 4) is 5.75 Å². The number of nitrogens with zero attached hydrogens (tertiary/aromatic N) is 1. The fraction of sp³-hybridized carbons (Fsp3) is 0.333. The number of nitro groups is 1. The number of ether oxygens (including phenoxy) is 1. The molecule has 1 rings (SSSR count). The van der Waals surface area contributed by atoms with E-state index in [-0.39, 0.29) is 18.0 Å². The summed E-state index contributed by atoms with van der Waals surface area (Å²) in [6.45, 7) is 1.60. The first-order valence-electron chi connectivity index (χ1n) is 4.15. The molecule has 0 aliphatic heterocycles. The molecule has 5 heteroatoms. The maximum Gasteiger partial charge on any atom is 0.310 e. The van der Waals surface area contributed by atoms with Gasteiger partial charge in [0.15, 0.2) is 5.75 Å². The number of nitro benzene ring substituents is 1. The van der Waals surface area contributed by atoms with Gasteiger partial charge < -0.3 is 9.84 Å². The van der Waals surface area contributed by atoms with Crippen LogP contribution in [0.15, 0.2) is 24.3 Å². The third-order valence-corrected chi connectivity index (χ3v) is 1.54. The summed E-state index contributed by atoms with van der Waals surface area (Å²) in [5.74, 6) is 0.179. The molecule has 0 spiro atoms. The first-order chi connectivity index (χ1) is 6.61. The summed E-state index contributed by atoms with van der Waals surface area (Å²) < 4.78 is 5.07. The van der Waals surface area contributed by atoms with Crippen molar-refractivity contribution in [2.24, 2.45) is 0 Å². The molecule has 0 saturated carbocycles. The second-order valence-corrected chi connectivity index (χ2v) is 2.88. The summed E-state index contributed by atoms with van der Waals surface area (Å²) >= 11 is 0. The lowest BCUT2D eigenvalue weighted by molar-refractivity contribution is -0.385. The zero-order valence-electron chi connectivity index (χ0n) is 7.71. The van der Waals surface area contributed by atoms with Crippen molar-refractivity contribution in [3.05, 3.63) is 34.4 Å². The molecule has 0 radical (unpaired) electrons. The van der Waals surface area contributed by atoms with Crippen LogP contribution >= 0.6 is 0 Å². The smallest absolute Gasteiger partial charge is 0.310 e. The van der Waals surface area contributed by atoms with Gasteiger partial charge in [0.05, 0.1) is 11.0 Å². The number of hydrogen-bond donors (Lipinski definition) is 1. The number of aliphatic hydroxyl groups is 1. The SMILES string of the molecule is CC(O)COc1ccccc1[N+](=O)[O-]. The summed E-state index contributed by atoms with van der Waals surface area (Å²) in [6, 6.07) is 6.07. The number of benzene rings is 1. The normalized spacial score (nSPS) is 12.1.